The van der Waals surface area contributed by atoms with Crippen LogP contribution in [-0.4, -0.2) is 29.7 Å². The molecule has 0 spiro atoms. The molecule has 0 radical (unpaired) electrons. The van der Waals surface area contributed by atoms with Crippen molar-refractivity contribution < 1.29 is 23.0 Å². The second-order valence-electron chi connectivity index (χ2n) is 8.53. The first-order valence-corrected chi connectivity index (χ1v) is 10.1. The fourth-order valence-electron chi connectivity index (χ4n) is 3.53. The van der Waals surface area contributed by atoms with Gasteiger partial charge in [0.15, 0.2) is 17.4 Å². The molecule has 1 aliphatic heterocycles. The minimum absolute atomic E-state index is 0.0479. The molecule has 0 saturated carbocycles. The van der Waals surface area contributed by atoms with E-state index < -0.39 is 29.0 Å². The van der Waals surface area contributed by atoms with Gasteiger partial charge in [-0.25, -0.2) is 13.6 Å². The van der Waals surface area contributed by atoms with Crippen LogP contribution in [0.2, 0.25) is 0 Å². The number of benzene rings is 2. The molecular formula is C23H28F2N2O3. The molecule has 1 fully saturated rings. The summed E-state index contributed by atoms with van der Waals surface area (Å²) in [4.78, 5) is 13.9. The number of nitrogens with two attached hydrogens (primary N) is 1. The maximum absolute atomic E-state index is 15.1. The molecule has 2 aromatic carbocycles. The number of halogens is 2. The molecule has 1 heterocycles. The number of rotatable bonds is 4. The maximum atomic E-state index is 15.1. The minimum atomic E-state index is -0.791. The SMILES string of the molecule is CC(C)(C)OC(=O)N1CCC(C(N)c2ccc(F)c(Oc3ccccc3)c2F)CC1. The zero-order valence-electron chi connectivity index (χ0n) is 17.5. The van der Waals surface area contributed by atoms with Gasteiger partial charge in [-0.05, 0) is 57.7 Å². The highest BCUT2D eigenvalue weighted by molar-refractivity contribution is 5.68. The Morgan fingerprint density at radius 2 is 1.73 bits per heavy atom. The van der Waals surface area contributed by atoms with E-state index in [1.165, 1.54) is 12.1 Å². The van der Waals surface area contributed by atoms with Gasteiger partial charge >= 0.3 is 6.09 Å². The van der Waals surface area contributed by atoms with E-state index in [9.17, 15) is 9.18 Å². The molecule has 1 saturated heterocycles. The third-order valence-electron chi connectivity index (χ3n) is 5.10. The normalized spacial score (nSPS) is 16.3. The number of hydrogen-bond donors (Lipinski definition) is 1. The third-order valence-corrected chi connectivity index (χ3v) is 5.10. The number of likely N-dealkylation sites (tertiary alicyclic amines) is 1. The highest BCUT2D eigenvalue weighted by Crippen LogP contribution is 2.36. The van der Waals surface area contributed by atoms with E-state index in [-0.39, 0.29) is 17.6 Å². The van der Waals surface area contributed by atoms with E-state index >= 15 is 4.39 Å². The van der Waals surface area contributed by atoms with Crippen LogP contribution in [0.4, 0.5) is 13.6 Å². The first kappa shape index (κ1) is 22.0. The molecule has 1 unspecified atom stereocenters. The summed E-state index contributed by atoms with van der Waals surface area (Å²) in [5.74, 6) is -1.74. The van der Waals surface area contributed by atoms with E-state index in [4.69, 9.17) is 15.2 Å². The number of carbonyl (C=O) groups is 1. The first-order chi connectivity index (χ1) is 14.2. The lowest BCUT2D eigenvalue weighted by Gasteiger charge is -2.35. The monoisotopic (exact) mass is 418 g/mol. The lowest BCUT2D eigenvalue weighted by Crippen LogP contribution is -2.43. The van der Waals surface area contributed by atoms with Crippen molar-refractivity contribution in [3.05, 3.63) is 59.7 Å². The van der Waals surface area contributed by atoms with Gasteiger partial charge in [-0.3, -0.25) is 0 Å². The fourth-order valence-corrected chi connectivity index (χ4v) is 3.53. The summed E-state index contributed by atoms with van der Waals surface area (Å²) in [5.41, 5.74) is 6.00. The number of para-hydroxylation sites is 1. The van der Waals surface area contributed by atoms with Crippen molar-refractivity contribution in [1.82, 2.24) is 4.90 Å². The maximum Gasteiger partial charge on any atom is 0.410 e. The molecule has 2 N–H and O–H groups in total. The van der Waals surface area contributed by atoms with Gasteiger partial charge in [0.1, 0.15) is 11.4 Å². The molecule has 3 rings (SSSR count). The van der Waals surface area contributed by atoms with Gasteiger partial charge in [-0.1, -0.05) is 24.3 Å². The van der Waals surface area contributed by atoms with Crippen molar-refractivity contribution in [1.29, 1.82) is 0 Å². The topological polar surface area (TPSA) is 64.8 Å². The van der Waals surface area contributed by atoms with Crippen molar-refractivity contribution in [2.24, 2.45) is 11.7 Å². The zero-order valence-corrected chi connectivity index (χ0v) is 17.5. The highest BCUT2D eigenvalue weighted by Gasteiger charge is 2.32. The van der Waals surface area contributed by atoms with Crippen LogP contribution in [0.25, 0.3) is 0 Å². The van der Waals surface area contributed by atoms with Gasteiger partial charge in [-0.15, -0.1) is 0 Å². The lowest BCUT2D eigenvalue weighted by molar-refractivity contribution is 0.0174. The summed E-state index contributed by atoms with van der Waals surface area (Å²) in [5, 5.41) is 0. The van der Waals surface area contributed by atoms with Crippen LogP contribution < -0.4 is 10.5 Å². The summed E-state index contributed by atoms with van der Waals surface area (Å²) < 4.78 is 40.2. The molecule has 2 aromatic rings. The largest absolute Gasteiger partial charge is 0.451 e. The number of carbonyl (C=O) groups excluding carboxylic acids is 1. The molecule has 1 amide bonds. The van der Waals surface area contributed by atoms with Crippen molar-refractivity contribution in [2.45, 2.75) is 45.3 Å². The van der Waals surface area contributed by atoms with Crippen LogP contribution in [-0.2, 0) is 4.74 Å². The zero-order chi connectivity index (χ0) is 21.9. The quantitative estimate of drug-likeness (QED) is 0.722. The second kappa shape index (κ2) is 9.00. The minimum Gasteiger partial charge on any atom is -0.451 e. The number of amides is 1. The van der Waals surface area contributed by atoms with Gasteiger partial charge in [0.25, 0.3) is 0 Å². The van der Waals surface area contributed by atoms with Crippen molar-refractivity contribution >= 4 is 6.09 Å². The smallest absolute Gasteiger partial charge is 0.410 e. The van der Waals surface area contributed by atoms with E-state index in [0.717, 1.165) is 0 Å². The van der Waals surface area contributed by atoms with Gasteiger partial charge in [0.05, 0.1) is 0 Å². The fraction of sp³-hybridized carbons (Fsp3) is 0.435. The van der Waals surface area contributed by atoms with E-state index in [2.05, 4.69) is 0 Å². The second-order valence-corrected chi connectivity index (χ2v) is 8.53. The molecule has 30 heavy (non-hydrogen) atoms. The summed E-state index contributed by atoms with van der Waals surface area (Å²) in [6, 6.07) is 10.4. The molecule has 0 aromatic heterocycles. The molecule has 1 aliphatic rings. The summed E-state index contributed by atoms with van der Waals surface area (Å²) in [7, 11) is 0. The number of nitrogens with zero attached hydrogens (tertiary/aromatic N) is 1. The highest BCUT2D eigenvalue weighted by atomic mass is 19.1. The van der Waals surface area contributed by atoms with Crippen LogP contribution in [0.1, 0.15) is 45.2 Å². The Hall–Kier alpha value is -2.67. The first-order valence-electron chi connectivity index (χ1n) is 10.1. The number of ether oxygens (including phenoxy) is 2. The molecule has 7 heteroatoms. The molecule has 0 bridgehead atoms. The molecule has 1 atom stereocenters. The summed E-state index contributed by atoms with van der Waals surface area (Å²) in [6.07, 6.45) is 0.846. The Balaban J connectivity index is 1.70. The van der Waals surface area contributed by atoms with E-state index in [1.807, 2.05) is 20.8 Å². The Kier molecular flexibility index (Phi) is 6.61. The van der Waals surface area contributed by atoms with Crippen LogP contribution in [0, 0.1) is 17.6 Å². The molecule has 162 valence electrons. The van der Waals surface area contributed by atoms with Crippen LogP contribution in [0.15, 0.2) is 42.5 Å². The average Bonchev–Trinajstić information content (AvgIpc) is 2.70. The van der Waals surface area contributed by atoms with Crippen LogP contribution in [0.5, 0.6) is 11.5 Å². The Morgan fingerprint density at radius 3 is 2.33 bits per heavy atom. The standard InChI is InChI=1S/C23H28F2N2O3/c1-23(2,3)30-22(28)27-13-11-15(12-14-27)20(26)17-9-10-18(24)21(19(17)25)29-16-7-5-4-6-8-16/h4-10,15,20H,11-14,26H2,1-3H3. The lowest BCUT2D eigenvalue weighted by atomic mass is 9.85. The van der Waals surface area contributed by atoms with Gasteiger partial charge in [0.2, 0.25) is 0 Å². The summed E-state index contributed by atoms with van der Waals surface area (Å²) >= 11 is 0. The third kappa shape index (κ3) is 5.27. The predicted molar refractivity (Wildman–Crippen MR) is 110 cm³/mol. The Labute approximate surface area is 175 Å². The number of piperidine rings is 1. The van der Waals surface area contributed by atoms with Crippen molar-refractivity contribution in [3.63, 3.8) is 0 Å². The Bertz CT molecular complexity index is 876. The van der Waals surface area contributed by atoms with Crippen molar-refractivity contribution in [2.75, 3.05) is 13.1 Å². The summed E-state index contributed by atoms with van der Waals surface area (Å²) in [6.45, 7) is 6.41. The van der Waals surface area contributed by atoms with E-state index in [0.29, 0.717) is 31.7 Å². The van der Waals surface area contributed by atoms with Crippen LogP contribution in [0.3, 0.4) is 0 Å². The van der Waals surface area contributed by atoms with Crippen molar-refractivity contribution in [3.8, 4) is 11.5 Å². The molecule has 5 nitrogen and oxygen atoms in total. The van der Waals surface area contributed by atoms with Gasteiger partial charge < -0.3 is 20.1 Å². The molecule has 0 aliphatic carbocycles. The van der Waals surface area contributed by atoms with Gasteiger partial charge in [-0.2, -0.15) is 0 Å². The number of hydrogen-bond acceptors (Lipinski definition) is 4. The average molecular weight is 418 g/mol. The van der Waals surface area contributed by atoms with E-state index in [1.54, 1.807) is 35.2 Å². The van der Waals surface area contributed by atoms with Crippen LogP contribution >= 0.6 is 0 Å². The molecular weight excluding hydrogens is 390 g/mol. The Morgan fingerprint density at radius 1 is 1.10 bits per heavy atom. The van der Waals surface area contributed by atoms with Gasteiger partial charge in [0, 0.05) is 24.7 Å². The predicted octanol–water partition coefficient (Wildman–Crippen LogP) is 5.40.